The Bertz CT molecular complexity index is 277. The minimum absolute atomic E-state index is 0.0239. The highest BCUT2D eigenvalue weighted by molar-refractivity contribution is 7.88. The predicted molar refractivity (Wildman–Crippen MR) is 51.0 cm³/mol. The van der Waals surface area contributed by atoms with E-state index in [0.29, 0.717) is 0 Å². The number of likely N-dealkylation sites (N-methyl/N-ethyl adjacent to an activating group) is 1. The maximum Gasteiger partial charge on any atom is 0.421 e. The van der Waals surface area contributed by atoms with Gasteiger partial charge in [-0.3, -0.25) is 0 Å². The van der Waals surface area contributed by atoms with E-state index in [2.05, 4.69) is 14.8 Å². The second-order valence-corrected chi connectivity index (χ2v) is 4.13. The first-order chi connectivity index (χ1) is 6.41. The molecule has 0 heterocycles. The quantitative estimate of drug-likeness (QED) is 0.545. The van der Waals surface area contributed by atoms with Crippen molar-refractivity contribution >= 4 is 16.3 Å². The largest absolute Gasteiger partial charge is 0.452 e. The molecule has 0 aromatic heterocycles. The van der Waals surface area contributed by atoms with E-state index in [1.54, 1.807) is 18.7 Å². The summed E-state index contributed by atoms with van der Waals surface area (Å²) in [4.78, 5) is 10.6. The van der Waals surface area contributed by atoms with Gasteiger partial charge in [0.25, 0.3) is 0 Å². The van der Waals surface area contributed by atoms with Crippen LogP contribution in [0.3, 0.4) is 0 Å². The van der Waals surface area contributed by atoms with Gasteiger partial charge in [-0.2, -0.15) is 13.1 Å². The predicted octanol–water partition coefficient (Wildman–Crippen LogP) is -1.22. The SMILES string of the molecule is CNC(C)CNS(=O)(=O)NC(=O)OC. The highest BCUT2D eigenvalue weighted by Crippen LogP contribution is 1.82. The van der Waals surface area contributed by atoms with Gasteiger partial charge in [-0.1, -0.05) is 0 Å². The van der Waals surface area contributed by atoms with E-state index < -0.39 is 16.3 Å². The lowest BCUT2D eigenvalue weighted by Crippen LogP contribution is -2.44. The van der Waals surface area contributed by atoms with Crippen molar-refractivity contribution in [2.45, 2.75) is 13.0 Å². The van der Waals surface area contributed by atoms with Crippen LogP contribution in [-0.4, -0.2) is 41.3 Å². The first-order valence-electron chi connectivity index (χ1n) is 3.94. The molecule has 0 bridgehead atoms. The molecule has 0 rings (SSSR count). The maximum absolute atomic E-state index is 11.1. The molecule has 0 aromatic rings. The summed E-state index contributed by atoms with van der Waals surface area (Å²) in [5.41, 5.74) is 0. The molecule has 0 aliphatic carbocycles. The van der Waals surface area contributed by atoms with E-state index >= 15 is 0 Å². The number of amides is 1. The molecule has 0 fully saturated rings. The topological polar surface area (TPSA) is 96.5 Å². The number of carbonyl (C=O) groups is 1. The van der Waals surface area contributed by atoms with Crippen LogP contribution in [0, 0.1) is 0 Å². The van der Waals surface area contributed by atoms with Crippen LogP contribution in [-0.2, 0) is 14.9 Å². The number of carbonyl (C=O) groups excluding carboxylic acids is 1. The Labute approximate surface area is 83.4 Å². The second kappa shape index (κ2) is 5.78. The summed E-state index contributed by atoms with van der Waals surface area (Å²) in [5.74, 6) is 0. The van der Waals surface area contributed by atoms with Crippen LogP contribution < -0.4 is 14.8 Å². The molecule has 1 unspecified atom stereocenters. The van der Waals surface area contributed by atoms with Gasteiger partial charge in [0.05, 0.1) is 7.11 Å². The average molecular weight is 225 g/mol. The van der Waals surface area contributed by atoms with Crippen molar-refractivity contribution in [3.05, 3.63) is 0 Å². The molecule has 0 aromatic carbocycles. The van der Waals surface area contributed by atoms with Gasteiger partial charge in [0.15, 0.2) is 0 Å². The van der Waals surface area contributed by atoms with Crippen LogP contribution in [0.15, 0.2) is 0 Å². The van der Waals surface area contributed by atoms with Crippen molar-refractivity contribution in [3.63, 3.8) is 0 Å². The number of hydrogen-bond acceptors (Lipinski definition) is 5. The molecule has 7 nitrogen and oxygen atoms in total. The van der Waals surface area contributed by atoms with Crippen LogP contribution in [0.25, 0.3) is 0 Å². The number of hydrogen-bond donors (Lipinski definition) is 3. The summed E-state index contributed by atoms with van der Waals surface area (Å²) in [7, 11) is -1.03. The molecule has 0 saturated heterocycles. The molecule has 14 heavy (non-hydrogen) atoms. The Morgan fingerprint density at radius 1 is 1.50 bits per heavy atom. The average Bonchev–Trinajstić information content (AvgIpc) is 2.13. The smallest absolute Gasteiger partial charge is 0.421 e. The molecule has 0 radical (unpaired) electrons. The highest BCUT2D eigenvalue weighted by atomic mass is 32.2. The molecule has 1 amide bonds. The molecule has 3 N–H and O–H groups in total. The summed E-state index contributed by atoms with van der Waals surface area (Å²) >= 11 is 0. The van der Waals surface area contributed by atoms with E-state index in [0.717, 1.165) is 7.11 Å². The fourth-order valence-corrected chi connectivity index (χ4v) is 1.37. The minimum atomic E-state index is -3.81. The number of ether oxygens (including phenoxy) is 1. The Balaban J connectivity index is 4.03. The summed E-state index contributed by atoms with van der Waals surface area (Å²) < 4.78 is 30.1. The lowest BCUT2D eigenvalue weighted by atomic mass is 10.4. The van der Waals surface area contributed by atoms with Crippen LogP contribution >= 0.6 is 0 Å². The monoisotopic (exact) mass is 225 g/mol. The molecular weight excluding hydrogens is 210 g/mol. The zero-order chi connectivity index (χ0) is 11.2. The summed E-state index contributed by atoms with van der Waals surface area (Å²) in [6.45, 7) is 1.98. The second-order valence-electron chi connectivity index (χ2n) is 2.64. The first kappa shape index (κ1) is 13.1. The van der Waals surface area contributed by atoms with Gasteiger partial charge in [-0.05, 0) is 14.0 Å². The Morgan fingerprint density at radius 2 is 2.07 bits per heavy atom. The van der Waals surface area contributed by atoms with E-state index in [1.807, 2.05) is 0 Å². The molecule has 0 aliphatic rings. The fraction of sp³-hybridized carbons (Fsp3) is 0.833. The molecule has 0 aliphatic heterocycles. The highest BCUT2D eigenvalue weighted by Gasteiger charge is 2.14. The van der Waals surface area contributed by atoms with Gasteiger partial charge >= 0.3 is 16.3 Å². The maximum atomic E-state index is 11.1. The summed E-state index contributed by atoms with van der Waals surface area (Å²) in [5, 5.41) is 2.83. The third kappa shape index (κ3) is 5.73. The third-order valence-corrected chi connectivity index (χ3v) is 2.46. The van der Waals surface area contributed by atoms with Crippen LogP contribution in [0.1, 0.15) is 6.92 Å². The van der Waals surface area contributed by atoms with E-state index in [4.69, 9.17) is 0 Å². The number of rotatable bonds is 5. The van der Waals surface area contributed by atoms with Crippen LogP contribution in [0.2, 0.25) is 0 Å². The molecular formula is C6H15N3O4S. The van der Waals surface area contributed by atoms with Gasteiger partial charge in [0, 0.05) is 12.6 Å². The molecule has 0 saturated carbocycles. The fourth-order valence-electron chi connectivity index (χ4n) is 0.524. The summed E-state index contributed by atoms with van der Waals surface area (Å²) in [6.07, 6.45) is -1.02. The van der Waals surface area contributed by atoms with Gasteiger partial charge < -0.3 is 10.1 Å². The van der Waals surface area contributed by atoms with Gasteiger partial charge in [0.2, 0.25) is 0 Å². The molecule has 1 atom stereocenters. The number of nitrogens with one attached hydrogen (secondary N) is 3. The summed E-state index contributed by atoms with van der Waals surface area (Å²) in [6, 6.07) is -0.0239. The van der Waals surface area contributed by atoms with Gasteiger partial charge in [-0.25, -0.2) is 9.52 Å². The van der Waals surface area contributed by atoms with E-state index in [9.17, 15) is 13.2 Å². The van der Waals surface area contributed by atoms with E-state index in [-0.39, 0.29) is 12.6 Å². The third-order valence-electron chi connectivity index (χ3n) is 1.48. The van der Waals surface area contributed by atoms with Crippen LogP contribution in [0.4, 0.5) is 4.79 Å². The lowest BCUT2D eigenvalue weighted by molar-refractivity contribution is 0.177. The standard InChI is InChI=1S/C6H15N3O4S/c1-5(7-2)4-8-14(11,12)9-6(10)13-3/h5,7-8H,4H2,1-3H3,(H,9,10). The van der Waals surface area contributed by atoms with Crippen molar-refractivity contribution in [3.8, 4) is 0 Å². The lowest BCUT2D eigenvalue weighted by Gasteiger charge is -2.11. The molecule has 0 spiro atoms. The molecule has 8 heteroatoms. The Hall–Kier alpha value is -0.860. The van der Waals surface area contributed by atoms with Gasteiger partial charge in [-0.15, -0.1) is 0 Å². The zero-order valence-electron chi connectivity index (χ0n) is 8.33. The number of methoxy groups -OCH3 is 1. The van der Waals surface area contributed by atoms with Crippen molar-refractivity contribution in [1.29, 1.82) is 0 Å². The van der Waals surface area contributed by atoms with Crippen molar-refractivity contribution in [2.75, 3.05) is 20.7 Å². The normalized spacial score (nSPS) is 13.4. The van der Waals surface area contributed by atoms with Crippen molar-refractivity contribution in [1.82, 2.24) is 14.8 Å². The Kier molecular flexibility index (Phi) is 5.43. The van der Waals surface area contributed by atoms with Crippen LogP contribution in [0.5, 0.6) is 0 Å². The molecule has 84 valence electrons. The van der Waals surface area contributed by atoms with Gasteiger partial charge in [0.1, 0.15) is 0 Å². The van der Waals surface area contributed by atoms with Crippen molar-refractivity contribution < 1.29 is 17.9 Å². The van der Waals surface area contributed by atoms with E-state index in [1.165, 1.54) is 0 Å². The zero-order valence-corrected chi connectivity index (χ0v) is 9.14. The first-order valence-corrected chi connectivity index (χ1v) is 5.42. The minimum Gasteiger partial charge on any atom is -0.452 e. The van der Waals surface area contributed by atoms with Crippen molar-refractivity contribution in [2.24, 2.45) is 0 Å². The Morgan fingerprint density at radius 3 is 2.50 bits per heavy atom.